The van der Waals surface area contributed by atoms with Crippen molar-refractivity contribution in [2.75, 3.05) is 0 Å². The van der Waals surface area contributed by atoms with Crippen molar-refractivity contribution in [3.8, 4) is 0 Å². The third kappa shape index (κ3) is 1.30. The summed E-state index contributed by atoms with van der Waals surface area (Å²) in [6, 6.07) is 0. The number of hydrogen-bond acceptors (Lipinski definition) is 2. The number of carbonyl (C=O) groups excluding carboxylic acids is 1. The van der Waals surface area contributed by atoms with E-state index in [2.05, 4.69) is 6.08 Å². The van der Waals surface area contributed by atoms with Gasteiger partial charge in [-0.05, 0) is 31.3 Å². The Balaban J connectivity index is 2.12. The van der Waals surface area contributed by atoms with Gasteiger partial charge in [0.15, 0.2) is 0 Å². The second-order valence-electron chi connectivity index (χ2n) is 3.19. The zero-order chi connectivity index (χ0) is 7.68. The third-order valence-electron chi connectivity index (χ3n) is 2.38. The van der Waals surface area contributed by atoms with E-state index >= 15 is 0 Å². The number of esters is 1. The van der Waals surface area contributed by atoms with Crippen molar-refractivity contribution in [1.29, 1.82) is 0 Å². The molecule has 0 spiro atoms. The van der Waals surface area contributed by atoms with Crippen molar-refractivity contribution in [3.63, 3.8) is 0 Å². The smallest absolute Gasteiger partial charge is 0.306 e. The number of hydrogen-bond donors (Lipinski definition) is 0. The first-order valence-corrected chi connectivity index (χ1v) is 4.24. The topological polar surface area (TPSA) is 26.3 Å². The highest BCUT2D eigenvalue weighted by molar-refractivity contribution is 5.71. The second kappa shape index (κ2) is 2.68. The largest absolute Gasteiger partial charge is 0.458 e. The number of carbonyl (C=O) groups is 1. The van der Waals surface area contributed by atoms with E-state index in [1.807, 2.05) is 0 Å². The quantitative estimate of drug-likeness (QED) is 0.391. The van der Waals surface area contributed by atoms with Crippen molar-refractivity contribution >= 4 is 5.97 Å². The van der Waals surface area contributed by atoms with Gasteiger partial charge in [0, 0.05) is 6.42 Å². The molecule has 0 aromatic rings. The SMILES string of the molecule is O=C1CCC2=CCCCC2O1. The maximum atomic E-state index is 10.9. The zero-order valence-corrected chi connectivity index (χ0v) is 6.51. The molecule has 0 saturated carbocycles. The van der Waals surface area contributed by atoms with Gasteiger partial charge in [-0.3, -0.25) is 4.79 Å². The van der Waals surface area contributed by atoms with Gasteiger partial charge in [0.1, 0.15) is 6.10 Å². The molecule has 0 N–H and O–H groups in total. The minimum atomic E-state index is -0.0194. The first-order valence-electron chi connectivity index (χ1n) is 4.24. The fourth-order valence-corrected chi connectivity index (χ4v) is 1.77. The van der Waals surface area contributed by atoms with Gasteiger partial charge < -0.3 is 4.74 Å². The Labute approximate surface area is 66.2 Å². The van der Waals surface area contributed by atoms with Crippen molar-refractivity contribution in [2.45, 2.75) is 38.2 Å². The van der Waals surface area contributed by atoms with Crippen LogP contribution in [0.5, 0.6) is 0 Å². The van der Waals surface area contributed by atoms with Gasteiger partial charge in [0.05, 0.1) is 0 Å². The highest BCUT2D eigenvalue weighted by atomic mass is 16.5. The van der Waals surface area contributed by atoms with E-state index in [-0.39, 0.29) is 12.1 Å². The van der Waals surface area contributed by atoms with Gasteiger partial charge in [-0.25, -0.2) is 0 Å². The first kappa shape index (κ1) is 6.89. The molecule has 1 fully saturated rings. The number of allylic oxidation sites excluding steroid dienone is 1. The molecule has 0 radical (unpaired) electrons. The van der Waals surface area contributed by atoms with Gasteiger partial charge in [-0.15, -0.1) is 0 Å². The molecule has 1 aliphatic heterocycles. The van der Waals surface area contributed by atoms with E-state index in [0.717, 1.165) is 12.8 Å². The van der Waals surface area contributed by atoms with Crippen LogP contribution in [0.25, 0.3) is 0 Å². The summed E-state index contributed by atoms with van der Waals surface area (Å²) >= 11 is 0. The molecule has 2 aliphatic rings. The predicted molar refractivity (Wildman–Crippen MR) is 41.0 cm³/mol. The molecule has 1 saturated heterocycles. The molecule has 1 atom stereocenters. The Bertz CT molecular complexity index is 206. The molecule has 11 heavy (non-hydrogen) atoms. The standard InChI is InChI=1S/C9H12O2/c10-9-6-5-7-3-1-2-4-8(7)11-9/h3,8H,1-2,4-6H2. The van der Waals surface area contributed by atoms with Crippen LogP contribution in [0.15, 0.2) is 11.6 Å². The van der Waals surface area contributed by atoms with Gasteiger partial charge in [0.2, 0.25) is 0 Å². The Morgan fingerprint density at radius 3 is 3.27 bits per heavy atom. The van der Waals surface area contributed by atoms with Crippen molar-refractivity contribution in [3.05, 3.63) is 11.6 Å². The molecule has 2 heteroatoms. The molecule has 0 aromatic heterocycles. The Morgan fingerprint density at radius 2 is 2.36 bits per heavy atom. The molecule has 1 heterocycles. The Morgan fingerprint density at radius 1 is 1.45 bits per heavy atom. The highest BCUT2D eigenvalue weighted by Gasteiger charge is 2.26. The molecule has 60 valence electrons. The summed E-state index contributed by atoms with van der Waals surface area (Å²) in [5.74, 6) is -0.0194. The fourth-order valence-electron chi connectivity index (χ4n) is 1.77. The van der Waals surface area contributed by atoms with Gasteiger partial charge >= 0.3 is 5.97 Å². The monoisotopic (exact) mass is 152 g/mol. The van der Waals surface area contributed by atoms with Gasteiger partial charge in [-0.1, -0.05) is 6.08 Å². The number of rotatable bonds is 0. The van der Waals surface area contributed by atoms with Gasteiger partial charge in [-0.2, -0.15) is 0 Å². The summed E-state index contributed by atoms with van der Waals surface area (Å²) in [6.45, 7) is 0. The summed E-state index contributed by atoms with van der Waals surface area (Å²) < 4.78 is 5.18. The van der Waals surface area contributed by atoms with Crippen LogP contribution in [0, 0.1) is 0 Å². The summed E-state index contributed by atoms with van der Waals surface area (Å²) in [5.41, 5.74) is 1.36. The van der Waals surface area contributed by atoms with Crippen LogP contribution < -0.4 is 0 Å². The van der Waals surface area contributed by atoms with Crippen molar-refractivity contribution in [1.82, 2.24) is 0 Å². The van der Waals surface area contributed by atoms with Crippen LogP contribution in [-0.4, -0.2) is 12.1 Å². The van der Waals surface area contributed by atoms with Crippen LogP contribution in [0.2, 0.25) is 0 Å². The number of ether oxygens (including phenoxy) is 1. The molecule has 0 aromatic carbocycles. The molecule has 1 aliphatic carbocycles. The van der Waals surface area contributed by atoms with Crippen LogP contribution in [-0.2, 0) is 9.53 Å². The van der Waals surface area contributed by atoms with Crippen molar-refractivity contribution < 1.29 is 9.53 Å². The van der Waals surface area contributed by atoms with E-state index < -0.39 is 0 Å². The minimum absolute atomic E-state index is 0.0194. The Hall–Kier alpha value is -0.790. The molecule has 0 amide bonds. The lowest BCUT2D eigenvalue weighted by atomic mass is 9.91. The zero-order valence-electron chi connectivity index (χ0n) is 6.51. The lowest BCUT2D eigenvalue weighted by Crippen LogP contribution is -2.27. The molecular formula is C9H12O2. The average molecular weight is 152 g/mol. The van der Waals surface area contributed by atoms with E-state index in [0.29, 0.717) is 6.42 Å². The minimum Gasteiger partial charge on any atom is -0.458 e. The van der Waals surface area contributed by atoms with Crippen LogP contribution in [0.4, 0.5) is 0 Å². The van der Waals surface area contributed by atoms with E-state index in [9.17, 15) is 4.79 Å². The van der Waals surface area contributed by atoms with Crippen LogP contribution >= 0.6 is 0 Å². The van der Waals surface area contributed by atoms with E-state index in [1.54, 1.807) is 0 Å². The third-order valence-corrected chi connectivity index (χ3v) is 2.38. The molecular weight excluding hydrogens is 140 g/mol. The highest BCUT2D eigenvalue weighted by Crippen LogP contribution is 2.28. The molecule has 1 unspecified atom stereocenters. The summed E-state index contributed by atoms with van der Waals surface area (Å²) in [6.07, 6.45) is 7.28. The van der Waals surface area contributed by atoms with Crippen molar-refractivity contribution in [2.24, 2.45) is 0 Å². The number of fused-ring (bicyclic) bond motifs is 1. The van der Waals surface area contributed by atoms with Crippen LogP contribution in [0.3, 0.4) is 0 Å². The first-order chi connectivity index (χ1) is 5.36. The molecule has 0 bridgehead atoms. The maximum absolute atomic E-state index is 10.9. The molecule has 2 rings (SSSR count). The average Bonchev–Trinajstić information content (AvgIpc) is 2.04. The lowest BCUT2D eigenvalue weighted by molar-refractivity contribution is -0.150. The predicted octanol–water partition coefficient (Wildman–Crippen LogP) is 1.80. The lowest BCUT2D eigenvalue weighted by Gasteiger charge is -2.28. The summed E-state index contributed by atoms with van der Waals surface area (Å²) in [5, 5.41) is 0. The maximum Gasteiger partial charge on any atom is 0.306 e. The normalized spacial score (nSPS) is 30.4. The fraction of sp³-hybridized carbons (Fsp3) is 0.667. The summed E-state index contributed by atoms with van der Waals surface area (Å²) in [4.78, 5) is 10.9. The van der Waals surface area contributed by atoms with E-state index in [4.69, 9.17) is 4.74 Å². The molecule has 2 nitrogen and oxygen atoms in total. The van der Waals surface area contributed by atoms with Crippen LogP contribution in [0.1, 0.15) is 32.1 Å². The second-order valence-corrected chi connectivity index (χ2v) is 3.19. The van der Waals surface area contributed by atoms with Gasteiger partial charge in [0.25, 0.3) is 0 Å². The van der Waals surface area contributed by atoms with E-state index in [1.165, 1.54) is 18.4 Å². The summed E-state index contributed by atoms with van der Waals surface area (Å²) in [7, 11) is 0. The Kier molecular flexibility index (Phi) is 1.68.